The number of carbonyl (C=O) groups excluding carboxylic acids is 1. The maximum Gasteiger partial charge on any atom is 0.231 e. The highest BCUT2D eigenvalue weighted by Gasteiger charge is 2.07. The molecule has 0 aliphatic rings. The van der Waals surface area contributed by atoms with Gasteiger partial charge in [-0.15, -0.1) is 0 Å². The number of anilines is 1. The summed E-state index contributed by atoms with van der Waals surface area (Å²) in [6.45, 7) is 0. The summed E-state index contributed by atoms with van der Waals surface area (Å²) in [5, 5.41) is 5.20. The SMILES string of the molecule is O=C(Cc1ccc2ccccc2c1)Nc1nccc(Cl)n1. The molecule has 4 nitrogen and oxygen atoms in total. The number of halogens is 1. The van der Waals surface area contributed by atoms with Crippen LogP contribution in [0.1, 0.15) is 5.56 Å². The van der Waals surface area contributed by atoms with Crippen molar-refractivity contribution in [1.29, 1.82) is 0 Å². The summed E-state index contributed by atoms with van der Waals surface area (Å²) < 4.78 is 0. The van der Waals surface area contributed by atoms with Crippen LogP contribution in [0.3, 0.4) is 0 Å². The first-order valence-electron chi connectivity index (χ1n) is 6.47. The van der Waals surface area contributed by atoms with Crippen molar-refractivity contribution in [3.63, 3.8) is 0 Å². The minimum atomic E-state index is -0.174. The molecule has 104 valence electrons. The zero-order chi connectivity index (χ0) is 14.7. The molecule has 1 N–H and O–H groups in total. The molecule has 3 aromatic rings. The fourth-order valence-corrected chi connectivity index (χ4v) is 2.24. The fourth-order valence-electron chi connectivity index (χ4n) is 2.10. The molecule has 2 aromatic carbocycles. The van der Waals surface area contributed by atoms with Crippen LogP contribution in [-0.4, -0.2) is 15.9 Å². The third-order valence-electron chi connectivity index (χ3n) is 3.05. The molecule has 0 radical (unpaired) electrons. The Labute approximate surface area is 126 Å². The summed E-state index contributed by atoms with van der Waals surface area (Å²) in [4.78, 5) is 19.9. The van der Waals surface area contributed by atoms with Crippen LogP contribution in [0, 0.1) is 0 Å². The average Bonchev–Trinajstić information content (AvgIpc) is 2.47. The van der Waals surface area contributed by atoms with E-state index in [1.165, 1.54) is 6.20 Å². The molecule has 5 heteroatoms. The zero-order valence-corrected chi connectivity index (χ0v) is 11.8. The summed E-state index contributed by atoms with van der Waals surface area (Å²) in [5.41, 5.74) is 0.938. The number of rotatable bonds is 3. The third kappa shape index (κ3) is 3.35. The number of amides is 1. The largest absolute Gasteiger partial charge is 0.294 e. The Kier molecular flexibility index (Phi) is 3.79. The van der Waals surface area contributed by atoms with Crippen molar-refractivity contribution in [2.45, 2.75) is 6.42 Å². The van der Waals surface area contributed by atoms with Gasteiger partial charge in [0, 0.05) is 6.20 Å². The first kappa shape index (κ1) is 13.5. The van der Waals surface area contributed by atoms with Gasteiger partial charge in [0.05, 0.1) is 6.42 Å². The quantitative estimate of drug-likeness (QED) is 0.753. The Morgan fingerprint density at radius 1 is 1.10 bits per heavy atom. The van der Waals surface area contributed by atoms with Crippen molar-refractivity contribution in [2.24, 2.45) is 0 Å². The van der Waals surface area contributed by atoms with Gasteiger partial charge in [0.15, 0.2) is 0 Å². The van der Waals surface area contributed by atoms with Gasteiger partial charge in [-0.25, -0.2) is 9.97 Å². The average molecular weight is 298 g/mol. The molecule has 0 unspecified atom stereocenters. The molecule has 0 saturated heterocycles. The van der Waals surface area contributed by atoms with Crippen molar-refractivity contribution in [1.82, 2.24) is 9.97 Å². The fraction of sp³-hybridized carbons (Fsp3) is 0.0625. The van der Waals surface area contributed by atoms with E-state index in [9.17, 15) is 4.79 Å². The van der Waals surface area contributed by atoms with Crippen LogP contribution in [0.25, 0.3) is 10.8 Å². The Morgan fingerprint density at radius 2 is 1.90 bits per heavy atom. The minimum Gasteiger partial charge on any atom is -0.294 e. The minimum absolute atomic E-state index is 0.174. The second kappa shape index (κ2) is 5.89. The van der Waals surface area contributed by atoms with Gasteiger partial charge < -0.3 is 0 Å². The van der Waals surface area contributed by atoms with Crippen LogP contribution in [0.4, 0.5) is 5.95 Å². The lowest BCUT2D eigenvalue weighted by Gasteiger charge is -2.05. The van der Waals surface area contributed by atoms with Crippen molar-refractivity contribution in [2.75, 3.05) is 5.32 Å². The number of hydrogen-bond donors (Lipinski definition) is 1. The van der Waals surface area contributed by atoms with E-state index >= 15 is 0 Å². The molecule has 1 aromatic heterocycles. The lowest BCUT2D eigenvalue weighted by atomic mass is 10.1. The van der Waals surface area contributed by atoms with Gasteiger partial charge in [-0.3, -0.25) is 10.1 Å². The van der Waals surface area contributed by atoms with Gasteiger partial charge in [0.2, 0.25) is 11.9 Å². The van der Waals surface area contributed by atoms with E-state index in [1.807, 2.05) is 42.5 Å². The molecule has 1 heterocycles. The van der Waals surface area contributed by atoms with Crippen LogP contribution >= 0.6 is 11.6 Å². The van der Waals surface area contributed by atoms with Gasteiger partial charge in [-0.1, -0.05) is 54.1 Å². The van der Waals surface area contributed by atoms with E-state index in [2.05, 4.69) is 15.3 Å². The van der Waals surface area contributed by atoms with E-state index in [4.69, 9.17) is 11.6 Å². The van der Waals surface area contributed by atoms with E-state index in [1.54, 1.807) is 6.07 Å². The molecule has 0 saturated carbocycles. The normalized spacial score (nSPS) is 10.5. The molecular weight excluding hydrogens is 286 g/mol. The second-order valence-corrected chi connectivity index (χ2v) is 5.00. The number of hydrogen-bond acceptors (Lipinski definition) is 3. The zero-order valence-electron chi connectivity index (χ0n) is 11.1. The topological polar surface area (TPSA) is 54.9 Å². The van der Waals surface area contributed by atoms with E-state index in [-0.39, 0.29) is 18.3 Å². The number of benzene rings is 2. The van der Waals surface area contributed by atoms with Crippen molar-refractivity contribution < 1.29 is 4.79 Å². The lowest BCUT2D eigenvalue weighted by Crippen LogP contribution is -2.16. The molecule has 0 aliphatic carbocycles. The number of fused-ring (bicyclic) bond motifs is 1. The number of nitrogens with one attached hydrogen (secondary N) is 1. The second-order valence-electron chi connectivity index (χ2n) is 4.61. The molecule has 0 bridgehead atoms. The summed E-state index contributed by atoms with van der Waals surface area (Å²) in [7, 11) is 0. The van der Waals surface area contributed by atoms with Gasteiger partial charge in [-0.2, -0.15) is 0 Å². The maximum absolute atomic E-state index is 12.0. The van der Waals surface area contributed by atoms with Crippen LogP contribution in [-0.2, 0) is 11.2 Å². The van der Waals surface area contributed by atoms with Crippen molar-refractivity contribution >= 4 is 34.2 Å². The van der Waals surface area contributed by atoms with E-state index < -0.39 is 0 Å². The van der Waals surface area contributed by atoms with Gasteiger partial charge >= 0.3 is 0 Å². The maximum atomic E-state index is 12.0. The van der Waals surface area contributed by atoms with E-state index in [0.29, 0.717) is 5.15 Å². The number of aromatic nitrogens is 2. The molecular formula is C16H12ClN3O. The van der Waals surface area contributed by atoms with Gasteiger partial charge in [-0.05, 0) is 22.4 Å². The van der Waals surface area contributed by atoms with Crippen LogP contribution in [0.5, 0.6) is 0 Å². The summed E-state index contributed by atoms with van der Waals surface area (Å²) in [6.07, 6.45) is 1.77. The Morgan fingerprint density at radius 3 is 2.71 bits per heavy atom. The summed E-state index contributed by atoms with van der Waals surface area (Å²) >= 11 is 5.75. The van der Waals surface area contributed by atoms with Crippen LogP contribution in [0.2, 0.25) is 5.15 Å². The monoisotopic (exact) mass is 297 g/mol. The number of nitrogens with zero attached hydrogens (tertiary/aromatic N) is 2. The molecule has 21 heavy (non-hydrogen) atoms. The van der Waals surface area contributed by atoms with Crippen LogP contribution in [0.15, 0.2) is 54.7 Å². The number of carbonyl (C=O) groups is 1. The van der Waals surface area contributed by atoms with Crippen LogP contribution < -0.4 is 5.32 Å². The van der Waals surface area contributed by atoms with E-state index in [0.717, 1.165) is 16.3 Å². The van der Waals surface area contributed by atoms with Crippen molar-refractivity contribution in [3.8, 4) is 0 Å². The Balaban J connectivity index is 1.74. The Bertz CT molecular complexity index is 804. The molecule has 0 spiro atoms. The Hall–Kier alpha value is -2.46. The molecule has 1 amide bonds. The highest BCUT2D eigenvalue weighted by molar-refractivity contribution is 6.29. The first-order chi connectivity index (χ1) is 10.2. The smallest absolute Gasteiger partial charge is 0.231 e. The lowest BCUT2D eigenvalue weighted by molar-refractivity contribution is -0.115. The molecule has 3 rings (SSSR count). The highest BCUT2D eigenvalue weighted by Crippen LogP contribution is 2.16. The predicted molar refractivity (Wildman–Crippen MR) is 83.3 cm³/mol. The van der Waals surface area contributed by atoms with Crippen molar-refractivity contribution in [3.05, 3.63) is 65.4 Å². The van der Waals surface area contributed by atoms with Gasteiger partial charge in [0.1, 0.15) is 5.15 Å². The highest BCUT2D eigenvalue weighted by atomic mass is 35.5. The first-order valence-corrected chi connectivity index (χ1v) is 6.84. The standard InChI is InChI=1S/C16H12ClN3O/c17-14-7-8-18-16(19-14)20-15(21)10-11-5-6-12-3-1-2-4-13(12)9-11/h1-9H,10H2,(H,18,19,20,21). The molecule has 0 atom stereocenters. The predicted octanol–water partition coefficient (Wildman–Crippen LogP) is 3.46. The molecule has 0 fully saturated rings. The molecule has 0 aliphatic heterocycles. The third-order valence-corrected chi connectivity index (χ3v) is 3.26. The summed E-state index contributed by atoms with van der Waals surface area (Å²) in [5.74, 6) is 0.0424. The summed E-state index contributed by atoms with van der Waals surface area (Å²) in [6, 6.07) is 15.6. The van der Waals surface area contributed by atoms with Gasteiger partial charge in [0.25, 0.3) is 0 Å².